The van der Waals surface area contributed by atoms with E-state index in [2.05, 4.69) is 10.6 Å². The number of amides is 1. The van der Waals surface area contributed by atoms with Crippen molar-refractivity contribution in [3.05, 3.63) is 66.1 Å². The third-order valence-electron chi connectivity index (χ3n) is 4.19. The summed E-state index contributed by atoms with van der Waals surface area (Å²) >= 11 is 0. The van der Waals surface area contributed by atoms with Gasteiger partial charge in [-0.3, -0.25) is 9.59 Å². The lowest BCUT2D eigenvalue weighted by Gasteiger charge is -2.16. The summed E-state index contributed by atoms with van der Waals surface area (Å²) in [7, 11) is 0. The largest absolute Gasteiger partial charge is 0.492 e. The molecule has 0 fully saturated rings. The average molecular weight is 410 g/mol. The molecule has 2 N–H and O–H groups in total. The number of carbonyl (C=O) groups excluding carboxylic acids is 3. The van der Waals surface area contributed by atoms with E-state index in [1.807, 2.05) is 13.0 Å². The van der Waals surface area contributed by atoms with E-state index in [0.717, 1.165) is 0 Å². The first-order valence-corrected chi connectivity index (χ1v) is 9.45. The molecule has 0 spiro atoms. The van der Waals surface area contributed by atoms with E-state index in [4.69, 9.17) is 14.2 Å². The van der Waals surface area contributed by atoms with Crippen molar-refractivity contribution in [3.8, 4) is 5.75 Å². The average Bonchev–Trinajstić information content (AvgIpc) is 3.10. The minimum absolute atomic E-state index is 0.00509. The van der Waals surface area contributed by atoms with Crippen molar-refractivity contribution in [2.45, 2.75) is 20.0 Å². The molecule has 1 heterocycles. The van der Waals surface area contributed by atoms with Gasteiger partial charge in [0.15, 0.2) is 18.3 Å². The molecule has 0 unspecified atom stereocenters. The van der Waals surface area contributed by atoms with Gasteiger partial charge in [-0.1, -0.05) is 30.3 Å². The van der Waals surface area contributed by atoms with Crippen LogP contribution in [0, 0.1) is 0 Å². The maximum atomic E-state index is 12.6. The highest BCUT2D eigenvalue weighted by Crippen LogP contribution is 2.24. The molecule has 0 bridgehead atoms. The molecular weight excluding hydrogens is 388 g/mol. The van der Waals surface area contributed by atoms with Crippen LogP contribution in [-0.2, 0) is 23.9 Å². The number of carbonyl (C=O) groups is 3. The Balaban J connectivity index is 1.68. The molecule has 1 amide bonds. The second-order valence-electron chi connectivity index (χ2n) is 6.37. The summed E-state index contributed by atoms with van der Waals surface area (Å²) in [6, 6.07) is 15.9. The van der Waals surface area contributed by atoms with Gasteiger partial charge in [0, 0.05) is 5.69 Å². The number of para-hydroxylation sites is 3. The van der Waals surface area contributed by atoms with Crippen LogP contribution < -0.4 is 15.4 Å². The molecule has 8 heteroatoms. The number of ether oxygens (including phenoxy) is 3. The number of rotatable bonds is 8. The number of anilines is 2. The Morgan fingerprint density at radius 2 is 1.80 bits per heavy atom. The summed E-state index contributed by atoms with van der Waals surface area (Å²) < 4.78 is 16.0. The molecule has 156 valence electrons. The summed E-state index contributed by atoms with van der Waals surface area (Å²) in [6.07, 6.45) is -1.15. The first-order chi connectivity index (χ1) is 14.5. The van der Waals surface area contributed by atoms with Gasteiger partial charge in [0.2, 0.25) is 11.7 Å². The van der Waals surface area contributed by atoms with Crippen LogP contribution in [0.5, 0.6) is 5.75 Å². The van der Waals surface area contributed by atoms with Crippen molar-refractivity contribution in [3.63, 3.8) is 0 Å². The zero-order valence-corrected chi connectivity index (χ0v) is 16.6. The molecule has 1 aliphatic heterocycles. The molecule has 0 saturated heterocycles. The third-order valence-corrected chi connectivity index (χ3v) is 4.19. The van der Waals surface area contributed by atoms with Gasteiger partial charge in [-0.2, -0.15) is 0 Å². The molecule has 1 atom stereocenters. The fraction of sp³-hybridized carbons (Fsp3) is 0.227. The SMILES string of the molecule is CCOc1ccccc1NC(=O)[C@@H](C)OC(=O)C1=C(Nc2ccccc2)OCC1=O. The van der Waals surface area contributed by atoms with E-state index in [-0.39, 0.29) is 18.1 Å². The summed E-state index contributed by atoms with van der Waals surface area (Å²) in [5.74, 6) is -1.50. The van der Waals surface area contributed by atoms with Gasteiger partial charge < -0.3 is 24.8 Å². The maximum absolute atomic E-state index is 12.6. The van der Waals surface area contributed by atoms with Gasteiger partial charge >= 0.3 is 5.97 Å². The van der Waals surface area contributed by atoms with Gasteiger partial charge in [-0.05, 0) is 38.1 Å². The van der Waals surface area contributed by atoms with Gasteiger partial charge in [-0.25, -0.2) is 4.79 Å². The number of esters is 1. The quantitative estimate of drug-likeness (QED) is 0.509. The monoisotopic (exact) mass is 410 g/mol. The summed E-state index contributed by atoms with van der Waals surface area (Å²) in [4.78, 5) is 37.2. The van der Waals surface area contributed by atoms with Crippen LogP contribution >= 0.6 is 0 Å². The second kappa shape index (κ2) is 9.60. The molecule has 8 nitrogen and oxygen atoms in total. The lowest BCUT2D eigenvalue weighted by atomic mass is 10.2. The van der Waals surface area contributed by atoms with Crippen LogP contribution in [0.3, 0.4) is 0 Å². The number of nitrogens with one attached hydrogen (secondary N) is 2. The molecule has 0 radical (unpaired) electrons. The van der Waals surface area contributed by atoms with E-state index in [1.54, 1.807) is 48.5 Å². The lowest BCUT2D eigenvalue weighted by Crippen LogP contribution is -2.31. The van der Waals surface area contributed by atoms with Gasteiger partial charge in [0.1, 0.15) is 5.75 Å². The van der Waals surface area contributed by atoms with E-state index in [1.165, 1.54) is 6.92 Å². The minimum Gasteiger partial charge on any atom is -0.492 e. The Labute approximate surface area is 173 Å². The Kier molecular flexibility index (Phi) is 6.69. The van der Waals surface area contributed by atoms with Crippen molar-refractivity contribution in [2.75, 3.05) is 23.8 Å². The lowest BCUT2D eigenvalue weighted by molar-refractivity contribution is -0.150. The normalized spacial score (nSPS) is 14.0. The van der Waals surface area contributed by atoms with E-state index in [0.29, 0.717) is 23.7 Å². The summed E-state index contributed by atoms with van der Waals surface area (Å²) in [5, 5.41) is 5.55. The molecule has 30 heavy (non-hydrogen) atoms. The Morgan fingerprint density at radius 1 is 1.10 bits per heavy atom. The van der Waals surface area contributed by atoms with Crippen LogP contribution in [0.15, 0.2) is 66.1 Å². The highest BCUT2D eigenvalue weighted by Gasteiger charge is 2.34. The van der Waals surface area contributed by atoms with Crippen molar-refractivity contribution < 1.29 is 28.6 Å². The number of benzene rings is 2. The van der Waals surface area contributed by atoms with Crippen molar-refractivity contribution in [1.29, 1.82) is 0 Å². The smallest absolute Gasteiger partial charge is 0.348 e. The maximum Gasteiger partial charge on any atom is 0.348 e. The Hall–Kier alpha value is -3.81. The van der Waals surface area contributed by atoms with Crippen LogP contribution in [0.25, 0.3) is 0 Å². The minimum atomic E-state index is -1.15. The summed E-state index contributed by atoms with van der Waals surface area (Å²) in [5.41, 5.74) is 0.845. The molecule has 0 aromatic heterocycles. The van der Waals surface area contributed by atoms with Gasteiger partial charge in [0.25, 0.3) is 5.91 Å². The van der Waals surface area contributed by atoms with Crippen LogP contribution in [0.1, 0.15) is 13.8 Å². The fourth-order valence-electron chi connectivity index (χ4n) is 2.73. The molecule has 3 rings (SSSR count). The topological polar surface area (TPSA) is 103 Å². The fourth-order valence-corrected chi connectivity index (χ4v) is 2.73. The van der Waals surface area contributed by atoms with Crippen LogP contribution in [-0.4, -0.2) is 37.0 Å². The predicted octanol–water partition coefficient (Wildman–Crippen LogP) is 2.88. The van der Waals surface area contributed by atoms with Crippen LogP contribution in [0.2, 0.25) is 0 Å². The van der Waals surface area contributed by atoms with Gasteiger partial charge in [0.05, 0.1) is 12.3 Å². The van der Waals surface area contributed by atoms with E-state index < -0.39 is 23.8 Å². The number of hydrogen-bond acceptors (Lipinski definition) is 7. The molecule has 0 saturated carbocycles. The third kappa shape index (κ3) is 4.96. The first-order valence-electron chi connectivity index (χ1n) is 9.45. The second-order valence-corrected chi connectivity index (χ2v) is 6.37. The zero-order chi connectivity index (χ0) is 21.5. The zero-order valence-electron chi connectivity index (χ0n) is 16.6. The Bertz CT molecular complexity index is 971. The van der Waals surface area contributed by atoms with E-state index >= 15 is 0 Å². The summed E-state index contributed by atoms with van der Waals surface area (Å²) in [6.45, 7) is 3.41. The Morgan fingerprint density at radius 3 is 2.53 bits per heavy atom. The predicted molar refractivity (Wildman–Crippen MR) is 110 cm³/mol. The van der Waals surface area contributed by atoms with Crippen molar-refractivity contribution in [1.82, 2.24) is 0 Å². The van der Waals surface area contributed by atoms with Crippen molar-refractivity contribution in [2.24, 2.45) is 0 Å². The van der Waals surface area contributed by atoms with Gasteiger partial charge in [-0.15, -0.1) is 0 Å². The van der Waals surface area contributed by atoms with E-state index in [9.17, 15) is 14.4 Å². The molecule has 0 aliphatic carbocycles. The standard InChI is InChI=1S/C22H22N2O6/c1-3-28-18-12-8-7-11-16(18)24-20(26)14(2)30-22(27)19-17(25)13-29-21(19)23-15-9-5-4-6-10-15/h4-12,14,23H,3,13H2,1-2H3,(H,24,26)/t14-/m1/s1. The highest BCUT2D eigenvalue weighted by molar-refractivity contribution is 6.20. The molecule has 1 aliphatic rings. The number of Topliss-reactive ketones (excluding diaryl/α,β-unsaturated/α-hetero) is 1. The highest BCUT2D eigenvalue weighted by atomic mass is 16.6. The van der Waals surface area contributed by atoms with Crippen LogP contribution in [0.4, 0.5) is 11.4 Å². The molecule has 2 aromatic rings. The number of hydrogen-bond donors (Lipinski definition) is 2. The molecular formula is C22H22N2O6. The number of ketones is 1. The molecule has 2 aromatic carbocycles. The first kappa shape index (κ1) is 20.9. The van der Waals surface area contributed by atoms with Crippen molar-refractivity contribution >= 4 is 29.0 Å².